The third-order valence-corrected chi connectivity index (χ3v) is 3.50. The SMILES string of the molecule is C#Cc1ccc(C#N)cc1.C#Cc1ccc(CO)cc1.C#Cc1cccc(O)c1. The lowest BCUT2D eigenvalue weighted by molar-refractivity contribution is 0.282. The van der Waals surface area contributed by atoms with Gasteiger partial charge < -0.3 is 10.2 Å². The van der Waals surface area contributed by atoms with Crippen LogP contribution in [-0.2, 0) is 6.61 Å². The number of terminal acetylenes is 3. The maximum absolute atomic E-state index is 8.85. The van der Waals surface area contributed by atoms with Gasteiger partial charge >= 0.3 is 0 Å². The molecule has 0 saturated heterocycles. The first-order chi connectivity index (χ1) is 14.1. The minimum Gasteiger partial charge on any atom is -0.508 e. The second-order valence-corrected chi connectivity index (χ2v) is 5.53. The fourth-order valence-corrected chi connectivity index (χ4v) is 1.94. The molecule has 0 atom stereocenters. The highest BCUT2D eigenvalue weighted by Crippen LogP contribution is 2.08. The fourth-order valence-electron chi connectivity index (χ4n) is 1.94. The molecule has 2 N–H and O–H groups in total. The standard InChI is InChI=1S/C9H5N.C9H8O.C8H6O/c2*1-2-8-3-5-9(7-10)6-4-8;1-2-7-4-3-5-8(9)6-7/h1,3-6H;1,3-6,10H,7H2;1,3-6,9H. The van der Waals surface area contributed by atoms with Crippen LogP contribution in [-0.4, -0.2) is 10.2 Å². The van der Waals surface area contributed by atoms with Gasteiger partial charge in [0.1, 0.15) is 5.75 Å². The number of aromatic hydroxyl groups is 1. The van der Waals surface area contributed by atoms with Gasteiger partial charge in [-0.05, 0) is 60.2 Å². The van der Waals surface area contributed by atoms with E-state index in [2.05, 4.69) is 17.8 Å². The maximum atomic E-state index is 8.85. The number of nitriles is 1. The largest absolute Gasteiger partial charge is 0.508 e. The van der Waals surface area contributed by atoms with E-state index < -0.39 is 0 Å². The van der Waals surface area contributed by atoms with E-state index in [9.17, 15) is 0 Å². The zero-order chi connectivity index (χ0) is 21.5. The summed E-state index contributed by atoms with van der Waals surface area (Å²) in [6, 6.07) is 22.8. The van der Waals surface area contributed by atoms with Crippen molar-refractivity contribution in [3.8, 4) is 48.9 Å². The minimum atomic E-state index is 0.0743. The van der Waals surface area contributed by atoms with Crippen LogP contribution >= 0.6 is 0 Å². The van der Waals surface area contributed by atoms with Gasteiger partial charge in [-0.1, -0.05) is 36.0 Å². The summed E-state index contributed by atoms with van der Waals surface area (Å²) in [5.41, 5.74) is 3.88. The molecule has 0 heterocycles. The number of phenolic OH excluding ortho intramolecular Hbond substituents is 1. The first-order valence-corrected chi connectivity index (χ1v) is 8.45. The van der Waals surface area contributed by atoms with Crippen molar-refractivity contribution in [3.63, 3.8) is 0 Å². The van der Waals surface area contributed by atoms with Crippen molar-refractivity contribution < 1.29 is 10.2 Å². The van der Waals surface area contributed by atoms with Gasteiger partial charge in [-0.15, -0.1) is 19.3 Å². The Bertz CT molecular complexity index is 1040. The third kappa shape index (κ3) is 8.68. The normalized spacial score (nSPS) is 8.31. The van der Waals surface area contributed by atoms with Gasteiger partial charge in [0.2, 0.25) is 0 Å². The summed E-state index contributed by atoms with van der Waals surface area (Å²) in [6.07, 6.45) is 15.3. The van der Waals surface area contributed by atoms with Gasteiger partial charge in [0, 0.05) is 16.7 Å². The molecule has 0 radical (unpaired) electrons. The Labute approximate surface area is 171 Å². The molecule has 3 aromatic rings. The van der Waals surface area contributed by atoms with Crippen molar-refractivity contribution in [2.75, 3.05) is 0 Å². The lowest BCUT2D eigenvalue weighted by Crippen LogP contribution is -1.81. The Morgan fingerprint density at radius 1 is 0.690 bits per heavy atom. The molecule has 3 heteroatoms. The molecule has 3 aromatic carbocycles. The van der Waals surface area contributed by atoms with Crippen LogP contribution in [0.2, 0.25) is 0 Å². The van der Waals surface area contributed by atoms with E-state index >= 15 is 0 Å². The molecule has 3 nitrogen and oxygen atoms in total. The highest BCUT2D eigenvalue weighted by molar-refractivity contribution is 5.38. The highest BCUT2D eigenvalue weighted by Gasteiger charge is 1.88. The average Bonchev–Trinajstić information content (AvgIpc) is 2.80. The molecular formula is C26H19NO2. The van der Waals surface area contributed by atoms with Gasteiger partial charge in [-0.3, -0.25) is 0 Å². The van der Waals surface area contributed by atoms with E-state index in [4.69, 9.17) is 34.7 Å². The molecule has 0 aliphatic carbocycles. The summed E-state index contributed by atoms with van der Waals surface area (Å²) in [4.78, 5) is 0. The molecule has 0 aliphatic heterocycles. The van der Waals surface area contributed by atoms with Crippen LogP contribution in [0.1, 0.15) is 27.8 Å². The molecule has 0 aliphatic rings. The van der Waals surface area contributed by atoms with Crippen molar-refractivity contribution >= 4 is 0 Å². The number of aliphatic hydroxyl groups excluding tert-OH is 1. The van der Waals surface area contributed by atoms with Crippen molar-refractivity contribution in [1.29, 1.82) is 5.26 Å². The van der Waals surface area contributed by atoms with Gasteiger partial charge in [-0.25, -0.2) is 0 Å². The Morgan fingerprint density at radius 3 is 1.55 bits per heavy atom. The maximum Gasteiger partial charge on any atom is 0.116 e. The number of hydrogen-bond donors (Lipinski definition) is 2. The lowest BCUT2D eigenvalue weighted by Gasteiger charge is -1.93. The van der Waals surface area contributed by atoms with E-state index in [1.54, 1.807) is 48.5 Å². The van der Waals surface area contributed by atoms with E-state index in [1.165, 1.54) is 0 Å². The van der Waals surface area contributed by atoms with Crippen LogP contribution < -0.4 is 0 Å². The molecule has 0 aromatic heterocycles. The molecule has 3 rings (SSSR count). The summed E-state index contributed by atoms with van der Waals surface area (Å²) in [7, 11) is 0. The Kier molecular flexibility index (Phi) is 10.0. The molecule has 0 fully saturated rings. The zero-order valence-corrected chi connectivity index (χ0v) is 15.7. The molecule has 0 saturated carbocycles. The summed E-state index contributed by atoms with van der Waals surface area (Å²) in [5, 5.41) is 25.9. The Balaban J connectivity index is 0.000000218. The average molecular weight is 377 g/mol. The minimum absolute atomic E-state index is 0.0743. The fraction of sp³-hybridized carbons (Fsp3) is 0.0385. The van der Waals surface area contributed by atoms with E-state index in [1.807, 2.05) is 30.3 Å². The summed E-state index contributed by atoms with van der Waals surface area (Å²) in [6.45, 7) is 0.0743. The number of rotatable bonds is 1. The van der Waals surface area contributed by atoms with Crippen LogP contribution in [0.4, 0.5) is 0 Å². The predicted octanol–water partition coefficient (Wildman–Crippen LogP) is 4.07. The molecule has 0 amide bonds. The number of phenols is 1. The lowest BCUT2D eigenvalue weighted by atomic mass is 10.1. The van der Waals surface area contributed by atoms with Crippen molar-refractivity contribution in [3.05, 3.63) is 101 Å². The molecule has 0 spiro atoms. The smallest absolute Gasteiger partial charge is 0.116 e. The number of benzene rings is 3. The van der Waals surface area contributed by atoms with Crippen LogP contribution in [0.5, 0.6) is 5.75 Å². The Hall–Kier alpha value is -4.41. The highest BCUT2D eigenvalue weighted by atomic mass is 16.3. The Morgan fingerprint density at radius 2 is 1.17 bits per heavy atom. The second-order valence-electron chi connectivity index (χ2n) is 5.53. The zero-order valence-electron chi connectivity index (χ0n) is 15.7. The van der Waals surface area contributed by atoms with E-state index in [-0.39, 0.29) is 12.4 Å². The van der Waals surface area contributed by atoms with Gasteiger partial charge in [-0.2, -0.15) is 5.26 Å². The summed E-state index contributed by atoms with van der Waals surface area (Å²) in [5.74, 6) is 7.59. The van der Waals surface area contributed by atoms with Crippen molar-refractivity contribution in [1.82, 2.24) is 0 Å². The summed E-state index contributed by atoms with van der Waals surface area (Å²) < 4.78 is 0. The monoisotopic (exact) mass is 377 g/mol. The van der Waals surface area contributed by atoms with Crippen molar-refractivity contribution in [2.45, 2.75) is 6.61 Å². The second kappa shape index (κ2) is 12.9. The van der Waals surface area contributed by atoms with Crippen LogP contribution in [0, 0.1) is 48.4 Å². The van der Waals surface area contributed by atoms with Gasteiger partial charge in [0.15, 0.2) is 0 Å². The molecule has 0 unspecified atom stereocenters. The van der Waals surface area contributed by atoms with Crippen LogP contribution in [0.15, 0.2) is 72.8 Å². The van der Waals surface area contributed by atoms with E-state index in [0.29, 0.717) is 11.1 Å². The van der Waals surface area contributed by atoms with E-state index in [0.717, 1.165) is 16.7 Å². The molecular weight excluding hydrogens is 358 g/mol. The third-order valence-electron chi connectivity index (χ3n) is 3.50. The molecule has 0 bridgehead atoms. The first-order valence-electron chi connectivity index (χ1n) is 8.45. The summed E-state index contributed by atoms with van der Waals surface area (Å²) >= 11 is 0. The molecule has 29 heavy (non-hydrogen) atoms. The molecule has 140 valence electrons. The number of nitrogens with zero attached hydrogens (tertiary/aromatic N) is 1. The van der Waals surface area contributed by atoms with Gasteiger partial charge in [0.05, 0.1) is 18.2 Å². The van der Waals surface area contributed by atoms with Crippen molar-refractivity contribution in [2.24, 2.45) is 0 Å². The predicted molar refractivity (Wildman–Crippen MR) is 115 cm³/mol. The van der Waals surface area contributed by atoms with Gasteiger partial charge in [0.25, 0.3) is 0 Å². The quantitative estimate of drug-likeness (QED) is 0.628. The first kappa shape index (κ1) is 22.6. The van der Waals surface area contributed by atoms with Crippen LogP contribution in [0.25, 0.3) is 0 Å². The number of aliphatic hydroxyl groups is 1. The van der Waals surface area contributed by atoms with Crippen LogP contribution in [0.3, 0.4) is 0 Å². The number of hydrogen-bond acceptors (Lipinski definition) is 3. The topological polar surface area (TPSA) is 64.2 Å².